The van der Waals surface area contributed by atoms with Gasteiger partial charge < -0.3 is 10.2 Å². The first kappa shape index (κ1) is 18.6. The van der Waals surface area contributed by atoms with Gasteiger partial charge in [0.2, 0.25) is 16.0 Å². The number of guanidine groups is 1. The monoisotopic (exact) mass is 421 g/mol. The van der Waals surface area contributed by atoms with Crippen LogP contribution in [0.4, 0.5) is 4.39 Å². The first-order valence-electron chi connectivity index (χ1n) is 8.16. The van der Waals surface area contributed by atoms with Crippen LogP contribution in [0.3, 0.4) is 0 Å². The lowest BCUT2D eigenvalue weighted by Gasteiger charge is -2.33. The molecule has 0 saturated heterocycles. The Balaban J connectivity index is 1.77. The minimum Gasteiger partial charge on any atom is -0.443 e. The van der Waals surface area contributed by atoms with Crippen LogP contribution in [0.5, 0.6) is 0 Å². The lowest BCUT2D eigenvalue weighted by Crippen LogP contribution is -2.50. The molecule has 8 nitrogen and oxygen atoms in total. The van der Waals surface area contributed by atoms with Crippen molar-refractivity contribution in [1.29, 1.82) is 0 Å². The number of hydrogen-bond donors (Lipinski definition) is 1. The smallest absolute Gasteiger partial charge is 0.239 e. The molecule has 0 aliphatic carbocycles. The number of thiophene rings is 1. The molecule has 0 spiro atoms. The molecule has 0 bridgehead atoms. The molecule has 3 aromatic rings. The van der Waals surface area contributed by atoms with Crippen LogP contribution in [0.25, 0.3) is 21.8 Å². The Bertz CT molecular complexity index is 1170. The van der Waals surface area contributed by atoms with Crippen molar-refractivity contribution in [2.45, 2.75) is 12.5 Å². The molecular formula is C17H16FN5O3S2. The van der Waals surface area contributed by atoms with Gasteiger partial charge in [0.15, 0.2) is 12.2 Å². The van der Waals surface area contributed by atoms with Crippen LogP contribution in [-0.2, 0) is 15.6 Å². The molecule has 0 radical (unpaired) electrons. The maximum atomic E-state index is 14.8. The van der Waals surface area contributed by atoms with Crippen molar-refractivity contribution in [1.82, 2.24) is 14.3 Å². The second-order valence-corrected chi connectivity index (χ2v) is 9.64. The van der Waals surface area contributed by atoms with E-state index in [1.165, 1.54) is 19.5 Å². The van der Waals surface area contributed by atoms with Crippen LogP contribution in [0.15, 0.2) is 46.5 Å². The molecule has 4 rings (SSSR count). The zero-order valence-corrected chi connectivity index (χ0v) is 16.6. The number of pyridine rings is 1. The second kappa shape index (κ2) is 6.38. The number of halogens is 1. The number of aliphatic imine (C=N–C) groups is 1. The highest BCUT2D eigenvalue weighted by Crippen LogP contribution is 2.41. The molecule has 146 valence electrons. The molecule has 4 heterocycles. The Kier molecular flexibility index (Phi) is 4.23. The summed E-state index contributed by atoms with van der Waals surface area (Å²) in [5.74, 6) is -0.539. The summed E-state index contributed by atoms with van der Waals surface area (Å²) >= 11 is 1.12. The first-order valence-corrected chi connectivity index (χ1v) is 10.6. The van der Waals surface area contributed by atoms with Gasteiger partial charge in [-0.25, -0.2) is 27.1 Å². The number of hydrogen-bond acceptors (Lipinski definition) is 8. The van der Waals surface area contributed by atoms with Crippen LogP contribution < -0.4 is 5.73 Å². The minimum atomic E-state index is -3.69. The maximum Gasteiger partial charge on any atom is 0.239 e. The molecule has 28 heavy (non-hydrogen) atoms. The average molecular weight is 421 g/mol. The van der Waals surface area contributed by atoms with E-state index in [0.717, 1.165) is 15.6 Å². The zero-order valence-electron chi connectivity index (χ0n) is 15.0. The lowest BCUT2D eigenvalue weighted by atomic mass is 10.0. The van der Waals surface area contributed by atoms with E-state index in [0.29, 0.717) is 21.8 Å². The highest BCUT2D eigenvalue weighted by atomic mass is 32.2. The van der Waals surface area contributed by atoms with Crippen LogP contribution in [0.2, 0.25) is 0 Å². The standard InChI is InChI=1S/C17H16FN5O3S2/c1-17(8-28(24,25)23(2)16(19)22-17)15-12(18)4-14(27-15)11-3-10(5-20-6-11)13-7-21-9-26-13/h3-7,9H,8H2,1-2H3,(H2,19,22)/t17-/m0/s1. The fraction of sp³-hybridized carbons (Fsp3) is 0.235. The van der Waals surface area contributed by atoms with Gasteiger partial charge in [-0.15, -0.1) is 11.3 Å². The molecule has 1 aliphatic heterocycles. The zero-order chi connectivity index (χ0) is 20.1. The molecule has 0 fully saturated rings. The normalized spacial score (nSPS) is 21.5. The SMILES string of the molecule is CN1C(N)=N[C@](C)(c2sc(-c3cncc(-c4cnco4)c3)cc2F)CS1(=O)=O. The van der Waals surface area contributed by atoms with E-state index in [1.807, 2.05) is 0 Å². The van der Waals surface area contributed by atoms with Gasteiger partial charge in [-0.2, -0.15) is 0 Å². The molecule has 0 unspecified atom stereocenters. The Hall–Kier alpha value is -2.79. The highest BCUT2D eigenvalue weighted by molar-refractivity contribution is 7.89. The van der Waals surface area contributed by atoms with Gasteiger partial charge in [0.25, 0.3) is 0 Å². The Morgan fingerprint density at radius 2 is 2.00 bits per heavy atom. The number of rotatable bonds is 3. The van der Waals surface area contributed by atoms with Crippen molar-refractivity contribution in [3.63, 3.8) is 0 Å². The average Bonchev–Trinajstić information content (AvgIpc) is 3.29. The molecule has 11 heteroatoms. The van der Waals surface area contributed by atoms with E-state index >= 15 is 0 Å². The first-order chi connectivity index (χ1) is 13.2. The topological polar surface area (TPSA) is 115 Å². The number of nitrogens with two attached hydrogens (primary N) is 1. The summed E-state index contributed by atoms with van der Waals surface area (Å²) < 4.78 is 45.7. The van der Waals surface area contributed by atoms with Crippen molar-refractivity contribution in [2.24, 2.45) is 10.7 Å². The molecule has 1 atom stereocenters. The minimum absolute atomic E-state index is 0.169. The van der Waals surface area contributed by atoms with E-state index in [9.17, 15) is 12.8 Å². The molecule has 3 aromatic heterocycles. The van der Waals surface area contributed by atoms with Gasteiger partial charge in [-0.3, -0.25) is 4.98 Å². The largest absolute Gasteiger partial charge is 0.443 e. The third kappa shape index (κ3) is 3.06. The van der Waals surface area contributed by atoms with E-state index in [1.54, 1.807) is 31.6 Å². The Labute approximate surface area is 164 Å². The van der Waals surface area contributed by atoms with Crippen LogP contribution in [0.1, 0.15) is 11.8 Å². The van der Waals surface area contributed by atoms with Gasteiger partial charge in [0.1, 0.15) is 11.4 Å². The Morgan fingerprint density at radius 1 is 1.25 bits per heavy atom. The predicted molar refractivity (Wildman–Crippen MR) is 104 cm³/mol. The molecule has 0 amide bonds. The molecular weight excluding hydrogens is 405 g/mol. The van der Waals surface area contributed by atoms with Crippen molar-refractivity contribution in [3.8, 4) is 21.8 Å². The van der Waals surface area contributed by atoms with E-state index in [4.69, 9.17) is 10.2 Å². The summed E-state index contributed by atoms with van der Waals surface area (Å²) in [5, 5.41) is 0. The third-order valence-corrected chi connectivity index (χ3v) is 7.84. The van der Waals surface area contributed by atoms with Crippen LogP contribution >= 0.6 is 11.3 Å². The lowest BCUT2D eigenvalue weighted by molar-refractivity contribution is 0.466. The molecule has 0 saturated carbocycles. The van der Waals surface area contributed by atoms with Crippen molar-refractivity contribution in [2.75, 3.05) is 12.8 Å². The van der Waals surface area contributed by atoms with Crippen molar-refractivity contribution < 1.29 is 17.2 Å². The number of sulfonamides is 1. The summed E-state index contributed by atoms with van der Waals surface area (Å²) in [6.07, 6.45) is 6.09. The van der Waals surface area contributed by atoms with Gasteiger partial charge in [0.05, 0.1) is 16.8 Å². The van der Waals surface area contributed by atoms with Gasteiger partial charge in [-0.1, -0.05) is 0 Å². The van der Waals surface area contributed by atoms with Gasteiger partial charge >= 0.3 is 0 Å². The second-order valence-electron chi connectivity index (χ2n) is 6.58. The van der Waals surface area contributed by atoms with Crippen LogP contribution in [-0.4, -0.2) is 41.5 Å². The van der Waals surface area contributed by atoms with Gasteiger partial charge in [-0.05, 0) is 19.1 Å². The van der Waals surface area contributed by atoms with Crippen molar-refractivity contribution >= 4 is 27.3 Å². The molecule has 1 aliphatic rings. The quantitative estimate of drug-likeness (QED) is 0.694. The van der Waals surface area contributed by atoms with E-state index in [2.05, 4.69) is 15.0 Å². The molecule has 2 N–H and O–H groups in total. The summed E-state index contributed by atoms with van der Waals surface area (Å²) in [4.78, 5) is 13.1. The Morgan fingerprint density at radius 3 is 2.68 bits per heavy atom. The van der Waals surface area contributed by atoms with Crippen molar-refractivity contribution in [3.05, 3.63) is 47.8 Å². The predicted octanol–water partition coefficient (Wildman–Crippen LogP) is 2.41. The summed E-state index contributed by atoms with van der Waals surface area (Å²) in [6, 6.07) is 3.15. The highest BCUT2D eigenvalue weighted by Gasteiger charge is 2.43. The van der Waals surface area contributed by atoms with Gasteiger partial charge in [0, 0.05) is 35.4 Å². The fourth-order valence-corrected chi connectivity index (χ4v) is 5.65. The number of aromatic nitrogens is 2. The fourth-order valence-electron chi connectivity index (χ4n) is 3.01. The summed E-state index contributed by atoms with van der Waals surface area (Å²) in [5.41, 5.74) is 5.82. The van der Waals surface area contributed by atoms with Crippen LogP contribution in [0, 0.1) is 5.82 Å². The molecule has 0 aromatic carbocycles. The third-order valence-electron chi connectivity index (χ3n) is 4.48. The maximum absolute atomic E-state index is 14.8. The summed E-state index contributed by atoms with van der Waals surface area (Å²) in [7, 11) is -2.37. The van der Waals surface area contributed by atoms with E-state index < -0.39 is 21.4 Å². The summed E-state index contributed by atoms with van der Waals surface area (Å²) in [6.45, 7) is 1.56. The number of oxazole rings is 1. The number of nitrogens with zero attached hydrogens (tertiary/aromatic N) is 4. The van der Waals surface area contributed by atoms with E-state index in [-0.39, 0.29) is 16.6 Å².